The van der Waals surface area contributed by atoms with Crippen LogP contribution in [-0.4, -0.2) is 38.6 Å². The van der Waals surface area contributed by atoms with E-state index in [1.54, 1.807) is 24.3 Å². The molecule has 2 aromatic carbocycles. The number of nitrogens with zero attached hydrogens (tertiary/aromatic N) is 1. The van der Waals surface area contributed by atoms with E-state index in [-0.39, 0.29) is 35.3 Å². The Hall–Kier alpha value is -2.46. The summed E-state index contributed by atoms with van der Waals surface area (Å²) in [6, 6.07) is 10.5. The molecule has 0 atom stereocenters. The predicted molar refractivity (Wildman–Crippen MR) is 101 cm³/mol. The quantitative estimate of drug-likeness (QED) is 0.387. The number of benzene rings is 2. The highest BCUT2D eigenvalue weighted by molar-refractivity contribution is 9.10. The Morgan fingerprint density at radius 1 is 1.15 bits per heavy atom. The first-order valence-corrected chi connectivity index (χ1v) is 10.1. The number of nitrogens with one attached hydrogen (secondary N) is 2. The molecule has 0 aliphatic rings. The topological polar surface area (TPSA) is 118 Å². The zero-order valence-corrected chi connectivity index (χ0v) is 16.1. The molecule has 0 saturated carbocycles. The molecule has 2 aromatic rings. The van der Waals surface area contributed by atoms with Crippen LogP contribution < -0.4 is 10.6 Å². The minimum Gasteiger partial charge on any atom is -0.378 e. The first-order valence-electron chi connectivity index (χ1n) is 7.44. The number of hydrogen-bond acceptors (Lipinski definition) is 6. The van der Waals surface area contributed by atoms with Crippen molar-refractivity contribution >= 4 is 43.0 Å². The Morgan fingerprint density at radius 3 is 2.38 bits per heavy atom. The number of rotatable bonds is 7. The fourth-order valence-electron chi connectivity index (χ4n) is 2.12. The van der Waals surface area contributed by atoms with Gasteiger partial charge in [-0.2, -0.15) is 0 Å². The zero-order chi connectivity index (χ0) is 19.3. The normalized spacial score (nSPS) is 11.0. The van der Waals surface area contributed by atoms with E-state index in [0.717, 1.165) is 16.8 Å². The third-order valence-corrected chi connectivity index (χ3v) is 5.07. The molecule has 2 rings (SSSR count). The van der Waals surface area contributed by atoms with Crippen LogP contribution in [0.3, 0.4) is 0 Å². The fraction of sp³-hybridized carbons (Fsp3) is 0.188. The molecule has 0 heterocycles. The van der Waals surface area contributed by atoms with Gasteiger partial charge in [-0.25, -0.2) is 8.42 Å². The SMILES string of the molecule is CS(=O)(=O)c1ccc(NCCNC(=O)c2ccc(Br)cc2)c([N+](=O)[O-])c1. The number of hydrogen-bond donors (Lipinski definition) is 2. The van der Waals surface area contributed by atoms with Crippen molar-refractivity contribution in [3.05, 3.63) is 62.6 Å². The van der Waals surface area contributed by atoms with Crippen LogP contribution in [0.4, 0.5) is 11.4 Å². The monoisotopic (exact) mass is 441 g/mol. The summed E-state index contributed by atoms with van der Waals surface area (Å²) >= 11 is 3.29. The van der Waals surface area contributed by atoms with Crippen molar-refractivity contribution < 1.29 is 18.1 Å². The van der Waals surface area contributed by atoms with Gasteiger partial charge in [-0.05, 0) is 36.4 Å². The second kappa shape index (κ2) is 8.28. The summed E-state index contributed by atoms with van der Waals surface area (Å²) in [4.78, 5) is 22.3. The lowest BCUT2D eigenvalue weighted by Crippen LogP contribution is -2.28. The highest BCUT2D eigenvalue weighted by atomic mass is 79.9. The van der Waals surface area contributed by atoms with Crippen LogP contribution in [0.2, 0.25) is 0 Å². The number of halogens is 1. The highest BCUT2D eigenvalue weighted by Gasteiger charge is 2.18. The van der Waals surface area contributed by atoms with Gasteiger partial charge in [0, 0.05) is 35.4 Å². The van der Waals surface area contributed by atoms with Crippen LogP contribution in [0.5, 0.6) is 0 Å². The van der Waals surface area contributed by atoms with E-state index in [0.29, 0.717) is 5.56 Å². The van der Waals surface area contributed by atoms with Crippen LogP contribution in [0.25, 0.3) is 0 Å². The van der Waals surface area contributed by atoms with Crippen LogP contribution in [0.15, 0.2) is 51.8 Å². The predicted octanol–water partition coefficient (Wildman–Crippen LogP) is 2.60. The Kier molecular flexibility index (Phi) is 6.32. The average molecular weight is 442 g/mol. The minimum atomic E-state index is -3.54. The average Bonchev–Trinajstić information content (AvgIpc) is 2.58. The molecule has 0 bridgehead atoms. The molecule has 0 fully saturated rings. The van der Waals surface area contributed by atoms with Crippen molar-refractivity contribution in [3.63, 3.8) is 0 Å². The number of nitro groups is 1. The number of anilines is 1. The summed E-state index contributed by atoms with van der Waals surface area (Å²) in [6.07, 6.45) is 0.983. The molecule has 2 N–H and O–H groups in total. The summed E-state index contributed by atoms with van der Waals surface area (Å²) in [5.41, 5.74) is 0.337. The Bertz CT molecular complexity index is 929. The molecular weight excluding hydrogens is 426 g/mol. The molecule has 10 heteroatoms. The second-order valence-corrected chi connectivity index (χ2v) is 8.33. The van der Waals surface area contributed by atoms with Gasteiger partial charge in [-0.1, -0.05) is 15.9 Å². The van der Waals surface area contributed by atoms with Gasteiger partial charge in [0.2, 0.25) is 0 Å². The van der Waals surface area contributed by atoms with Crippen molar-refractivity contribution in [1.82, 2.24) is 5.32 Å². The smallest absolute Gasteiger partial charge is 0.293 e. The Balaban J connectivity index is 1.98. The first kappa shape index (κ1) is 19.9. The second-order valence-electron chi connectivity index (χ2n) is 5.40. The molecule has 0 aromatic heterocycles. The summed E-state index contributed by atoms with van der Waals surface area (Å²) in [5, 5.41) is 16.7. The van der Waals surface area contributed by atoms with Crippen LogP contribution in [0.1, 0.15) is 10.4 Å². The number of carbonyl (C=O) groups is 1. The minimum absolute atomic E-state index is 0.127. The van der Waals surface area contributed by atoms with E-state index in [2.05, 4.69) is 26.6 Å². The summed E-state index contributed by atoms with van der Waals surface area (Å²) in [6.45, 7) is 0.473. The maximum absolute atomic E-state index is 12.0. The molecule has 0 unspecified atom stereocenters. The van der Waals surface area contributed by atoms with Crippen molar-refractivity contribution in [1.29, 1.82) is 0 Å². The van der Waals surface area contributed by atoms with Crippen LogP contribution >= 0.6 is 15.9 Å². The Labute approximate surface area is 158 Å². The standard InChI is InChI=1S/C16H16BrN3O5S/c1-26(24,25)13-6-7-14(15(10-13)20(22)23)18-8-9-19-16(21)11-2-4-12(17)5-3-11/h2-7,10,18H,8-9H2,1H3,(H,19,21). The van der Waals surface area contributed by atoms with Crippen molar-refractivity contribution in [2.75, 3.05) is 24.7 Å². The van der Waals surface area contributed by atoms with E-state index >= 15 is 0 Å². The largest absolute Gasteiger partial charge is 0.378 e. The van der Waals surface area contributed by atoms with Gasteiger partial charge in [0.25, 0.3) is 11.6 Å². The van der Waals surface area contributed by atoms with Gasteiger partial charge in [-0.15, -0.1) is 0 Å². The molecule has 138 valence electrons. The lowest BCUT2D eigenvalue weighted by Gasteiger charge is -2.09. The third-order valence-electron chi connectivity index (χ3n) is 3.43. The summed E-state index contributed by atoms with van der Waals surface area (Å²) in [5.74, 6) is -0.263. The van der Waals surface area contributed by atoms with Gasteiger partial charge in [-0.3, -0.25) is 14.9 Å². The van der Waals surface area contributed by atoms with E-state index in [1.807, 2.05) is 0 Å². The summed E-state index contributed by atoms with van der Waals surface area (Å²) < 4.78 is 23.9. The molecule has 0 spiro atoms. The van der Waals surface area contributed by atoms with Crippen molar-refractivity contribution in [3.8, 4) is 0 Å². The zero-order valence-electron chi connectivity index (χ0n) is 13.7. The lowest BCUT2D eigenvalue weighted by molar-refractivity contribution is -0.384. The number of carbonyl (C=O) groups excluding carboxylic acids is 1. The fourth-order valence-corrected chi connectivity index (χ4v) is 3.02. The maximum atomic E-state index is 12.0. The number of amides is 1. The van der Waals surface area contributed by atoms with Gasteiger partial charge < -0.3 is 10.6 Å². The molecular formula is C16H16BrN3O5S. The third kappa shape index (κ3) is 5.27. The van der Waals surface area contributed by atoms with E-state index in [9.17, 15) is 23.3 Å². The molecule has 0 aliphatic heterocycles. The number of sulfone groups is 1. The number of nitro benzene ring substituents is 1. The molecule has 26 heavy (non-hydrogen) atoms. The van der Waals surface area contributed by atoms with Gasteiger partial charge in [0.15, 0.2) is 9.84 Å². The van der Waals surface area contributed by atoms with E-state index in [4.69, 9.17) is 0 Å². The van der Waals surface area contributed by atoms with Gasteiger partial charge >= 0.3 is 0 Å². The summed E-state index contributed by atoms with van der Waals surface area (Å²) in [7, 11) is -3.54. The van der Waals surface area contributed by atoms with Crippen LogP contribution in [0, 0.1) is 10.1 Å². The van der Waals surface area contributed by atoms with E-state index in [1.165, 1.54) is 12.1 Å². The van der Waals surface area contributed by atoms with Crippen molar-refractivity contribution in [2.45, 2.75) is 4.90 Å². The molecule has 0 saturated heterocycles. The lowest BCUT2D eigenvalue weighted by atomic mass is 10.2. The first-order chi connectivity index (χ1) is 12.2. The molecule has 1 amide bonds. The molecule has 0 aliphatic carbocycles. The van der Waals surface area contributed by atoms with Gasteiger partial charge in [0.05, 0.1) is 9.82 Å². The Morgan fingerprint density at radius 2 is 1.81 bits per heavy atom. The molecule has 0 radical (unpaired) electrons. The van der Waals surface area contributed by atoms with Crippen molar-refractivity contribution in [2.24, 2.45) is 0 Å². The van der Waals surface area contributed by atoms with E-state index < -0.39 is 14.8 Å². The maximum Gasteiger partial charge on any atom is 0.293 e. The molecule has 8 nitrogen and oxygen atoms in total. The highest BCUT2D eigenvalue weighted by Crippen LogP contribution is 2.27. The van der Waals surface area contributed by atoms with Gasteiger partial charge in [0.1, 0.15) is 5.69 Å². The van der Waals surface area contributed by atoms with Crippen LogP contribution in [-0.2, 0) is 9.84 Å².